The van der Waals surface area contributed by atoms with Gasteiger partial charge in [0.15, 0.2) is 0 Å². The van der Waals surface area contributed by atoms with Crippen molar-refractivity contribution in [3.8, 4) is 5.75 Å². The minimum atomic E-state index is -0.224. The van der Waals surface area contributed by atoms with Crippen LogP contribution < -0.4 is 10.1 Å². The Bertz CT molecular complexity index is 807. The fourth-order valence-electron chi connectivity index (χ4n) is 3.57. The van der Waals surface area contributed by atoms with E-state index in [1.54, 1.807) is 24.3 Å². The maximum atomic E-state index is 14.1. The Hall–Kier alpha value is -2.11. The number of benzene rings is 2. The number of hydrogen-bond donors (Lipinski definition) is 1. The lowest BCUT2D eigenvalue weighted by Gasteiger charge is -2.32. The van der Waals surface area contributed by atoms with E-state index in [-0.39, 0.29) is 11.7 Å². The largest absolute Gasteiger partial charge is 0.497 e. The molecule has 1 amide bonds. The number of nitrogens with zero attached hydrogens (tertiary/aromatic N) is 1. The highest BCUT2D eigenvalue weighted by molar-refractivity contribution is 6.33. The third-order valence-corrected chi connectivity index (χ3v) is 5.62. The van der Waals surface area contributed by atoms with Crippen LogP contribution in [0.4, 0.5) is 10.1 Å². The van der Waals surface area contributed by atoms with Crippen molar-refractivity contribution < 1.29 is 13.9 Å². The number of carbonyl (C=O) groups excluding carboxylic acids is 1. The Balaban J connectivity index is 1.40. The van der Waals surface area contributed by atoms with E-state index in [1.165, 1.54) is 13.2 Å². The summed E-state index contributed by atoms with van der Waals surface area (Å²) in [6.07, 6.45) is 3.40. The Morgan fingerprint density at radius 1 is 1.25 bits per heavy atom. The van der Waals surface area contributed by atoms with Gasteiger partial charge in [0, 0.05) is 24.6 Å². The number of ether oxygens (including phenoxy) is 1. The number of halogens is 2. The second-order valence-electron chi connectivity index (χ2n) is 7.24. The maximum Gasteiger partial charge on any atom is 0.224 e. The molecule has 0 unspecified atom stereocenters. The van der Waals surface area contributed by atoms with E-state index in [9.17, 15) is 9.18 Å². The van der Waals surface area contributed by atoms with Crippen LogP contribution in [0.5, 0.6) is 5.75 Å². The lowest BCUT2D eigenvalue weighted by molar-refractivity contribution is -0.116. The molecule has 3 rings (SSSR count). The van der Waals surface area contributed by atoms with Crippen molar-refractivity contribution in [1.82, 2.24) is 4.90 Å². The van der Waals surface area contributed by atoms with Crippen LogP contribution in [0, 0.1) is 11.7 Å². The van der Waals surface area contributed by atoms with Crippen molar-refractivity contribution >= 4 is 23.2 Å². The number of rotatable bonds is 7. The number of piperidine rings is 1. The van der Waals surface area contributed by atoms with Gasteiger partial charge in [0.2, 0.25) is 5.91 Å². The van der Waals surface area contributed by atoms with Gasteiger partial charge in [0.25, 0.3) is 0 Å². The first-order valence-electron chi connectivity index (χ1n) is 9.64. The van der Waals surface area contributed by atoms with Gasteiger partial charge in [-0.3, -0.25) is 9.69 Å². The SMILES string of the molecule is COc1ccc(CN2CCC(CCC(=O)Nc3ccccc3Cl)CC2)c(F)c1. The molecule has 0 spiro atoms. The summed E-state index contributed by atoms with van der Waals surface area (Å²) in [6.45, 7) is 2.44. The van der Waals surface area contributed by atoms with Crippen LogP contribution in [0.3, 0.4) is 0 Å². The third kappa shape index (κ3) is 5.69. The predicted octanol–water partition coefficient (Wildman–Crippen LogP) is 5.12. The number of carbonyl (C=O) groups is 1. The van der Waals surface area contributed by atoms with Crippen LogP contribution >= 0.6 is 11.6 Å². The van der Waals surface area contributed by atoms with Gasteiger partial charge in [-0.05, 0) is 56.5 Å². The minimum absolute atomic E-state index is 0.00386. The van der Waals surface area contributed by atoms with Gasteiger partial charge in [-0.1, -0.05) is 29.8 Å². The molecule has 0 saturated carbocycles. The molecular formula is C22H26ClFN2O2. The highest BCUT2D eigenvalue weighted by atomic mass is 35.5. The second-order valence-corrected chi connectivity index (χ2v) is 7.65. The van der Waals surface area contributed by atoms with Crippen molar-refractivity contribution in [2.45, 2.75) is 32.2 Å². The molecule has 1 aliphatic rings. The van der Waals surface area contributed by atoms with E-state index in [0.717, 1.165) is 32.4 Å². The van der Waals surface area contributed by atoms with E-state index in [1.807, 2.05) is 12.1 Å². The van der Waals surface area contributed by atoms with E-state index in [0.29, 0.717) is 40.9 Å². The zero-order chi connectivity index (χ0) is 19.9. The number of nitrogens with one attached hydrogen (secondary N) is 1. The third-order valence-electron chi connectivity index (χ3n) is 5.29. The average Bonchev–Trinajstić information content (AvgIpc) is 2.70. The Morgan fingerprint density at radius 3 is 2.68 bits per heavy atom. The minimum Gasteiger partial charge on any atom is -0.497 e. The number of hydrogen-bond acceptors (Lipinski definition) is 3. The maximum absolute atomic E-state index is 14.1. The first-order chi connectivity index (χ1) is 13.5. The zero-order valence-corrected chi connectivity index (χ0v) is 16.8. The van der Waals surface area contributed by atoms with Crippen LogP contribution in [-0.2, 0) is 11.3 Å². The molecule has 28 heavy (non-hydrogen) atoms. The number of amides is 1. The number of methoxy groups -OCH3 is 1. The first-order valence-corrected chi connectivity index (χ1v) is 10.0. The first kappa shape index (κ1) is 20.6. The highest BCUT2D eigenvalue weighted by Crippen LogP contribution is 2.26. The van der Waals surface area contributed by atoms with Gasteiger partial charge < -0.3 is 10.1 Å². The van der Waals surface area contributed by atoms with Gasteiger partial charge in [-0.15, -0.1) is 0 Å². The molecule has 1 heterocycles. The van der Waals surface area contributed by atoms with E-state index in [2.05, 4.69) is 10.2 Å². The molecule has 2 aromatic carbocycles. The summed E-state index contributed by atoms with van der Waals surface area (Å²) < 4.78 is 19.2. The molecule has 1 saturated heterocycles. The number of para-hydroxylation sites is 1. The Morgan fingerprint density at radius 2 is 2.00 bits per heavy atom. The van der Waals surface area contributed by atoms with Gasteiger partial charge >= 0.3 is 0 Å². The molecule has 0 atom stereocenters. The molecule has 1 aliphatic heterocycles. The topological polar surface area (TPSA) is 41.6 Å². The summed E-state index contributed by atoms with van der Waals surface area (Å²) in [5.41, 5.74) is 1.35. The molecule has 0 radical (unpaired) electrons. The second kappa shape index (κ2) is 9.89. The molecule has 6 heteroatoms. The van der Waals surface area contributed by atoms with Gasteiger partial charge in [0.1, 0.15) is 11.6 Å². The zero-order valence-electron chi connectivity index (χ0n) is 16.1. The van der Waals surface area contributed by atoms with Crippen LogP contribution in [0.15, 0.2) is 42.5 Å². The van der Waals surface area contributed by atoms with Crippen molar-refractivity contribution in [3.05, 3.63) is 58.9 Å². The molecule has 0 aromatic heterocycles. The fourth-order valence-corrected chi connectivity index (χ4v) is 3.75. The van der Waals surface area contributed by atoms with Gasteiger partial charge in [0.05, 0.1) is 17.8 Å². The average molecular weight is 405 g/mol. The van der Waals surface area contributed by atoms with Crippen LogP contribution in [0.25, 0.3) is 0 Å². The van der Waals surface area contributed by atoms with Crippen LogP contribution in [-0.4, -0.2) is 31.0 Å². The summed E-state index contributed by atoms with van der Waals surface area (Å²) in [5, 5.41) is 3.42. The Labute approximate surface area is 170 Å². The smallest absolute Gasteiger partial charge is 0.224 e. The van der Waals surface area contributed by atoms with E-state index >= 15 is 0 Å². The molecule has 1 N–H and O–H groups in total. The summed E-state index contributed by atoms with van der Waals surface area (Å²) in [7, 11) is 1.54. The van der Waals surface area contributed by atoms with E-state index in [4.69, 9.17) is 16.3 Å². The normalized spacial score (nSPS) is 15.4. The molecule has 150 valence electrons. The van der Waals surface area contributed by atoms with Gasteiger partial charge in [-0.2, -0.15) is 0 Å². The predicted molar refractivity (Wildman–Crippen MR) is 110 cm³/mol. The number of anilines is 1. The van der Waals surface area contributed by atoms with E-state index < -0.39 is 0 Å². The number of likely N-dealkylation sites (tertiary alicyclic amines) is 1. The van der Waals surface area contributed by atoms with Crippen LogP contribution in [0.1, 0.15) is 31.2 Å². The summed E-state index contributed by atoms with van der Waals surface area (Å²) >= 11 is 6.07. The summed E-state index contributed by atoms with van der Waals surface area (Å²) in [4.78, 5) is 14.4. The fraction of sp³-hybridized carbons (Fsp3) is 0.409. The molecular weight excluding hydrogens is 379 g/mol. The quantitative estimate of drug-likeness (QED) is 0.696. The van der Waals surface area contributed by atoms with Crippen molar-refractivity contribution in [2.75, 3.05) is 25.5 Å². The lowest BCUT2D eigenvalue weighted by Crippen LogP contribution is -2.33. The monoisotopic (exact) mass is 404 g/mol. The van der Waals surface area contributed by atoms with Gasteiger partial charge in [-0.25, -0.2) is 4.39 Å². The summed E-state index contributed by atoms with van der Waals surface area (Å²) in [6, 6.07) is 12.3. The van der Waals surface area contributed by atoms with Crippen LogP contribution in [0.2, 0.25) is 5.02 Å². The molecule has 2 aromatic rings. The van der Waals surface area contributed by atoms with Crippen molar-refractivity contribution in [2.24, 2.45) is 5.92 Å². The standard InChI is InChI=1S/C22H26ClFN2O2/c1-28-18-8-7-17(20(24)14-18)15-26-12-10-16(11-13-26)6-9-22(27)25-21-5-3-2-4-19(21)23/h2-5,7-8,14,16H,6,9-13,15H2,1H3,(H,25,27). The molecule has 0 bridgehead atoms. The molecule has 0 aliphatic carbocycles. The van der Waals surface area contributed by atoms with Crippen molar-refractivity contribution in [3.63, 3.8) is 0 Å². The molecule has 4 nitrogen and oxygen atoms in total. The van der Waals surface area contributed by atoms with Crippen molar-refractivity contribution in [1.29, 1.82) is 0 Å². The lowest BCUT2D eigenvalue weighted by atomic mass is 9.92. The molecule has 1 fully saturated rings. The Kier molecular flexibility index (Phi) is 7.29. The summed E-state index contributed by atoms with van der Waals surface area (Å²) in [5.74, 6) is 0.831. The highest BCUT2D eigenvalue weighted by Gasteiger charge is 2.21.